The van der Waals surface area contributed by atoms with Crippen LogP contribution in [0.15, 0.2) is 16.9 Å². The van der Waals surface area contributed by atoms with Crippen molar-refractivity contribution in [2.45, 2.75) is 18.9 Å². The number of nitrogens with zero attached hydrogens (tertiary/aromatic N) is 2. The Balaban J connectivity index is 2.11. The Hall–Kier alpha value is -1.12. The molecule has 1 aromatic heterocycles. The zero-order valence-corrected chi connectivity index (χ0v) is 10.2. The molecule has 2 rings (SSSR count). The SMILES string of the molecule is N#Cc1cc(Br)ncc1OC1CCOCC1. The molecule has 1 aliphatic rings. The van der Waals surface area contributed by atoms with Crippen molar-refractivity contribution < 1.29 is 9.47 Å². The molecule has 0 aromatic carbocycles. The molecule has 5 heteroatoms. The highest BCUT2D eigenvalue weighted by Gasteiger charge is 2.17. The van der Waals surface area contributed by atoms with E-state index < -0.39 is 0 Å². The van der Waals surface area contributed by atoms with Gasteiger partial charge in [-0.15, -0.1) is 0 Å². The summed E-state index contributed by atoms with van der Waals surface area (Å²) in [4.78, 5) is 4.06. The predicted octanol–water partition coefficient (Wildman–Crippen LogP) is 2.27. The molecule has 84 valence electrons. The molecule has 1 aliphatic heterocycles. The van der Waals surface area contributed by atoms with Crippen molar-refractivity contribution >= 4 is 15.9 Å². The topological polar surface area (TPSA) is 55.1 Å². The average Bonchev–Trinajstić information content (AvgIpc) is 2.33. The number of hydrogen-bond donors (Lipinski definition) is 0. The summed E-state index contributed by atoms with van der Waals surface area (Å²) in [6, 6.07) is 3.76. The molecular formula is C11H11BrN2O2. The van der Waals surface area contributed by atoms with Gasteiger partial charge in [-0.1, -0.05) is 0 Å². The minimum absolute atomic E-state index is 0.129. The van der Waals surface area contributed by atoms with Crippen LogP contribution in [0.3, 0.4) is 0 Å². The van der Waals surface area contributed by atoms with Crippen LogP contribution in [0.5, 0.6) is 5.75 Å². The summed E-state index contributed by atoms with van der Waals surface area (Å²) in [5.74, 6) is 0.553. The smallest absolute Gasteiger partial charge is 0.155 e. The van der Waals surface area contributed by atoms with Crippen LogP contribution in [-0.4, -0.2) is 24.3 Å². The first kappa shape index (κ1) is 11.4. The monoisotopic (exact) mass is 282 g/mol. The summed E-state index contributed by atoms with van der Waals surface area (Å²) < 4.78 is 11.6. The van der Waals surface area contributed by atoms with Crippen molar-refractivity contribution in [1.82, 2.24) is 4.98 Å². The van der Waals surface area contributed by atoms with E-state index in [1.165, 1.54) is 0 Å². The summed E-state index contributed by atoms with van der Waals surface area (Å²) in [6.45, 7) is 1.44. The molecule has 0 aliphatic carbocycles. The molecule has 0 unspecified atom stereocenters. The van der Waals surface area contributed by atoms with Gasteiger partial charge < -0.3 is 9.47 Å². The fraction of sp³-hybridized carbons (Fsp3) is 0.455. The molecule has 1 aromatic rings. The third kappa shape index (κ3) is 2.71. The van der Waals surface area contributed by atoms with E-state index in [2.05, 4.69) is 27.0 Å². The molecule has 0 spiro atoms. The third-order valence-electron chi connectivity index (χ3n) is 2.42. The molecule has 16 heavy (non-hydrogen) atoms. The van der Waals surface area contributed by atoms with Crippen molar-refractivity contribution in [2.75, 3.05) is 13.2 Å². The Kier molecular flexibility index (Phi) is 3.75. The lowest BCUT2D eigenvalue weighted by Crippen LogP contribution is -2.26. The first-order valence-corrected chi connectivity index (χ1v) is 5.89. The maximum atomic E-state index is 8.97. The number of ether oxygens (including phenoxy) is 2. The van der Waals surface area contributed by atoms with Crippen molar-refractivity contribution in [1.29, 1.82) is 5.26 Å². The predicted molar refractivity (Wildman–Crippen MR) is 61.1 cm³/mol. The van der Waals surface area contributed by atoms with Gasteiger partial charge in [-0.2, -0.15) is 5.26 Å². The molecule has 1 fully saturated rings. The van der Waals surface area contributed by atoms with E-state index in [1.54, 1.807) is 12.3 Å². The summed E-state index contributed by atoms with van der Waals surface area (Å²) in [6.07, 6.45) is 3.43. The molecular weight excluding hydrogens is 272 g/mol. The lowest BCUT2D eigenvalue weighted by molar-refractivity contribution is 0.0253. The normalized spacial score (nSPS) is 16.8. The second kappa shape index (κ2) is 5.28. The molecule has 1 saturated heterocycles. The molecule has 0 radical (unpaired) electrons. The lowest BCUT2D eigenvalue weighted by atomic mass is 10.1. The van der Waals surface area contributed by atoms with Crippen molar-refractivity contribution in [3.63, 3.8) is 0 Å². The number of pyridine rings is 1. The van der Waals surface area contributed by atoms with E-state index in [-0.39, 0.29) is 6.10 Å². The Bertz CT molecular complexity index is 411. The highest BCUT2D eigenvalue weighted by molar-refractivity contribution is 9.10. The third-order valence-corrected chi connectivity index (χ3v) is 2.85. The number of nitriles is 1. The van der Waals surface area contributed by atoms with Gasteiger partial charge in [-0.3, -0.25) is 0 Å². The van der Waals surface area contributed by atoms with Crippen LogP contribution in [0.25, 0.3) is 0 Å². The largest absolute Gasteiger partial charge is 0.487 e. The molecule has 0 atom stereocenters. The number of halogens is 1. The van der Waals surface area contributed by atoms with Crippen molar-refractivity contribution in [3.05, 3.63) is 22.4 Å². The highest BCUT2D eigenvalue weighted by Crippen LogP contribution is 2.23. The van der Waals surface area contributed by atoms with E-state index in [4.69, 9.17) is 14.7 Å². The Morgan fingerprint density at radius 3 is 2.94 bits per heavy atom. The summed E-state index contributed by atoms with van der Waals surface area (Å²) in [5, 5.41) is 8.97. The molecule has 0 N–H and O–H groups in total. The van der Waals surface area contributed by atoms with Gasteiger partial charge in [-0.05, 0) is 22.0 Å². The van der Waals surface area contributed by atoms with E-state index >= 15 is 0 Å². The molecule has 0 saturated carbocycles. The van der Waals surface area contributed by atoms with E-state index in [1.807, 2.05) is 0 Å². The summed E-state index contributed by atoms with van der Waals surface area (Å²) in [5.41, 5.74) is 0.508. The maximum absolute atomic E-state index is 8.97. The molecule has 2 heterocycles. The Morgan fingerprint density at radius 1 is 1.50 bits per heavy atom. The zero-order valence-electron chi connectivity index (χ0n) is 8.65. The van der Waals surface area contributed by atoms with Gasteiger partial charge in [-0.25, -0.2) is 4.98 Å². The molecule has 0 bridgehead atoms. The van der Waals surface area contributed by atoms with E-state index in [0.717, 1.165) is 26.1 Å². The lowest BCUT2D eigenvalue weighted by Gasteiger charge is -2.23. The van der Waals surface area contributed by atoms with Crippen LogP contribution in [0.2, 0.25) is 0 Å². The molecule has 4 nitrogen and oxygen atoms in total. The van der Waals surface area contributed by atoms with Crippen LogP contribution in [0.1, 0.15) is 18.4 Å². The minimum Gasteiger partial charge on any atom is -0.487 e. The van der Waals surface area contributed by atoms with Gasteiger partial charge in [0.05, 0.1) is 25.0 Å². The summed E-state index contributed by atoms with van der Waals surface area (Å²) >= 11 is 3.22. The van der Waals surface area contributed by atoms with Gasteiger partial charge in [0.15, 0.2) is 5.75 Å². The minimum atomic E-state index is 0.129. The van der Waals surface area contributed by atoms with Gasteiger partial charge in [0.2, 0.25) is 0 Å². The fourth-order valence-electron chi connectivity index (χ4n) is 1.57. The highest BCUT2D eigenvalue weighted by atomic mass is 79.9. The fourth-order valence-corrected chi connectivity index (χ4v) is 1.90. The van der Waals surface area contributed by atoms with E-state index in [0.29, 0.717) is 15.9 Å². The molecule has 0 amide bonds. The van der Waals surface area contributed by atoms with Gasteiger partial charge in [0.25, 0.3) is 0 Å². The Labute approximate surface area is 102 Å². The number of rotatable bonds is 2. The standard InChI is InChI=1S/C11H11BrN2O2/c12-11-5-8(6-13)10(7-14-11)16-9-1-3-15-4-2-9/h5,7,9H,1-4H2. The average molecular weight is 283 g/mol. The zero-order chi connectivity index (χ0) is 11.4. The Morgan fingerprint density at radius 2 is 2.25 bits per heavy atom. The van der Waals surface area contributed by atoms with Crippen molar-refractivity contribution in [2.24, 2.45) is 0 Å². The van der Waals surface area contributed by atoms with E-state index in [9.17, 15) is 0 Å². The maximum Gasteiger partial charge on any atom is 0.155 e. The second-order valence-electron chi connectivity index (χ2n) is 3.54. The quantitative estimate of drug-likeness (QED) is 0.781. The first-order valence-electron chi connectivity index (χ1n) is 5.09. The van der Waals surface area contributed by atoms with Crippen LogP contribution in [0.4, 0.5) is 0 Å². The number of hydrogen-bond acceptors (Lipinski definition) is 4. The van der Waals surface area contributed by atoms with Crippen LogP contribution in [-0.2, 0) is 4.74 Å². The number of aromatic nitrogens is 1. The van der Waals surface area contributed by atoms with Crippen molar-refractivity contribution in [3.8, 4) is 11.8 Å². The summed E-state index contributed by atoms with van der Waals surface area (Å²) in [7, 11) is 0. The van der Waals surface area contributed by atoms with Gasteiger partial charge in [0.1, 0.15) is 16.8 Å². The van der Waals surface area contributed by atoms with Crippen LogP contribution >= 0.6 is 15.9 Å². The van der Waals surface area contributed by atoms with Crippen LogP contribution in [0, 0.1) is 11.3 Å². The van der Waals surface area contributed by atoms with Crippen LogP contribution < -0.4 is 4.74 Å². The van der Waals surface area contributed by atoms with Gasteiger partial charge >= 0.3 is 0 Å². The second-order valence-corrected chi connectivity index (χ2v) is 4.36. The van der Waals surface area contributed by atoms with Gasteiger partial charge in [0, 0.05) is 12.8 Å². The first-order chi connectivity index (χ1) is 7.79.